The zero-order valence-corrected chi connectivity index (χ0v) is 45.4. The molecule has 8 fully saturated rings. The van der Waals surface area contributed by atoms with Crippen LogP contribution < -0.4 is 0 Å². The summed E-state index contributed by atoms with van der Waals surface area (Å²) in [6, 6.07) is 0. The molecule has 0 aromatic carbocycles. The van der Waals surface area contributed by atoms with Crippen molar-refractivity contribution in [1.29, 1.82) is 0 Å². The lowest BCUT2D eigenvalue weighted by atomic mass is 9.35. The van der Waals surface area contributed by atoms with Gasteiger partial charge >= 0.3 is 0 Å². The van der Waals surface area contributed by atoms with E-state index in [1.165, 1.54) is 0 Å². The molecule has 440 valence electrons. The molecule has 14 N–H and O–H groups in total. The minimum Gasteiger partial charge on any atom is -0.394 e. The van der Waals surface area contributed by atoms with Crippen LogP contribution in [0.3, 0.4) is 0 Å². The van der Waals surface area contributed by atoms with E-state index in [1.54, 1.807) is 0 Å². The monoisotopic (exact) mass is 1090 g/mol. The maximum atomic E-state index is 12.9. The summed E-state index contributed by atoms with van der Waals surface area (Å²) in [4.78, 5) is 0. The Kier molecular flexibility index (Phi) is 18.6. The number of allylic oxidation sites excluding steroid dienone is 2. The van der Waals surface area contributed by atoms with Crippen LogP contribution in [0.1, 0.15) is 120 Å². The van der Waals surface area contributed by atoms with Gasteiger partial charge in [0.2, 0.25) is 0 Å². The summed E-state index contributed by atoms with van der Waals surface area (Å²) in [5.74, 6) is -0.375. The van der Waals surface area contributed by atoms with E-state index in [1.807, 2.05) is 20.8 Å². The van der Waals surface area contributed by atoms with Crippen LogP contribution in [0.25, 0.3) is 0 Å². The van der Waals surface area contributed by atoms with Crippen molar-refractivity contribution in [3.8, 4) is 0 Å². The Morgan fingerprint density at radius 2 is 1.09 bits per heavy atom. The zero-order valence-electron chi connectivity index (χ0n) is 45.4. The van der Waals surface area contributed by atoms with Crippen molar-refractivity contribution in [1.82, 2.24) is 0 Å². The van der Waals surface area contributed by atoms with E-state index < -0.39 is 172 Å². The van der Waals surface area contributed by atoms with Crippen LogP contribution >= 0.6 is 0 Å². The molecule has 4 aliphatic carbocycles. The number of hydrogen-bond acceptors (Lipinski definition) is 22. The van der Waals surface area contributed by atoms with E-state index in [0.29, 0.717) is 38.5 Å². The SMILES string of the molecule is CC(C)=CCCCC(C)(OC1OC(COC2OC(CO)C(O)C2O)C(O)C(O)C1O)C1CCC2(C)C1C(O)CC1C3(C)CCC(OC4OC(CO)C(O)C(O)C4OC4OC(CO)C(O)C(O)C4O)C(C)(C)C3CCC12C. The van der Waals surface area contributed by atoms with Crippen LogP contribution in [0.5, 0.6) is 0 Å². The molecule has 0 aromatic rings. The summed E-state index contributed by atoms with van der Waals surface area (Å²) in [7, 11) is 0. The van der Waals surface area contributed by atoms with E-state index in [2.05, 4.69) is 40.7 Å². The van der Waals surface area contributed by atoms with Crippen molar-refractivity contribution < 1.29 is 109 Å². The standard InChI is InChI=1S/C54H92O22/c1-24(2)11-9-10-15-54(8,76-48-44(68)40(64)38(62)30(73-48)23-69-46-42(66)37(61)29(22-57)70-46)25-12-17-53(7)34(25)26(58)19-32-51(5)16-14-33(50(3,4)31(51)13-18-52(32,53)6)74-49-45(41(65)36(60)28(21-56)72-49)75-47-43(67)39(63)35(59)27(20-55)71-47/h11,25-49,55-68H,9-10,12-23H2,1-8H3. The molecule has 0 aromatic heterocycles. The maximum absolute atomic E-state index is 12.9. The first kappa shape index (κ1) is 60.9. The predicted octanol–water partition coefficient (Wildman–Crippen LogP) is -1.17. The minimum absolute atomic E-state index is 0.0518. The van der Waals surface area contributed by atoms with Gasteiger partial charge in [-0.15, -0.1) is 0 Å². The van der Waals surface area contributed by atoms with Crippen LogP contribution in [0.2, 0.25) is 0 Å². The van der Waals surface area contributed by atoms with Gasteiger partial charge in [0.15, 0.2) is 25.2 Å². The van der Waals surface area contributed by atoms with Gasteiger partial charge in [0.25, 0.3) is 0 Å². The fourth-order valence-corrected chi connectivity index (χ4v) is 16.3. The van der Waals surface area contributed by atoms with Crippen LogP contribution in [0.15, 0.2) is 11.6 Å². The van der Waals surface area contributed by atoms with Crippen molar-refractivity contribution in [2.45, 2.75) is 254 Å². The van der Waals surface area contributed by atoms with Crippen LogP contribution in [-0.4, -0.2) is 232 Å². The molecule has 4 saturated carbocycles. The maximum Gasteiger partial charge on any atom is 0.187 e. The summed E-state index contributed by atoms with van der Waals surface area (Å²) >= 11 is 0. The second-order valence-electron chi connectivity index (χ2n) is 25.6. The number of ether oxygens (including phenoxy) is 8. The summed E-state index contributed by atoms with van der Waals surface area (Å²) in [6.07, 6.45) is -21.2. The van der Waals surface area contributed by atoms with Gasteiger partial charge in [-0.3, -0.25) is 0 Å². The molecule has 4 aliphatic heterocycles. The Morgan fingerprint density at radius 1 is 0.566 bits per heavy atom. The average molecular weight is 1090 g/mol. The van der Waals surface area contributed by atoms with Gasteiger partial charge < -0.3 is 109 Å². The number of unbranched alkanes of at least 4 members (excludes halogenated alkanes) is 1. The lowest BCUT2D eigenvalue weighted by Gasteiger charge is -2.71. The second kappa shape index (κ2) is 23.3. The molecule has 4 saturated heterocycles. The summed E-state index contributed by atoms with van der Waals surface area (Å²) in [5.41, 5.74) is -1.39. The molecular weight excluding hydrogens is 1000 g/mol. The first-order chi connectivity index (χ1) is 35.6. The van der Waals surface area contributed by atoms with Crippen molar-refractivity contribution in [2.75, 3.05) is 26.4 Å². The van der Waals surface area contributed by atoms with E-state index >= 15 is 0 Å². The van der Waals surface area contributed by atoms with Crippen LogP contribution in [-0.2, 0) is 37.9 Å². The molecule has 22 nitrogen and oxygen atoms in total. The molecule has 4 heterocycles. The molecule has 8 rings (SSSR count). The van der Waals surface area contributed by atoms with Gasteiger partial charge in [-0.1, -0.05) is 46.3 Å². The highest BCUT2D eigenvalue weighted by atomic mass is 16.8. The summed E-state index contributed by atoms with van der Waals surface area (Å²) in [5, 5.41) is 151. The quantitative estimate of drug-likeness (QED) is 0.0463. The number of aliphatic hydroxyl groups is 14. The average Bonchev–Trinajstić information content (AvgIpc) is 3.92. The molecular formula is C54H92O22. The highest BCUT2D eigenvalue weighted by Crippen LogP contribution is 2.76. The number of fused-ring (bicyclic) bond motifs is 5. The Balaban J connectivity index is 1.01. The first-order valence-electron chi connectivity index (χ1n) is 27.8. The Hall–Kier alpha value is -1.14. The number of aliphatic hydroxyl groups excluding tert-OH is 14. The third-order valence-electron chi connectivity index (χ3n) is 20.8. The van der Waals surface area contributed by atoms with E-state index in [-0.39, 0.29) is 34.5 Å². The Labute approximate surface area is 445 Å². The molecule has 0 amide bonds. The molecule has 0 radical (unpaired) electrons. The summed E-state index contributed by atoms with van der Waals surface area (Å²) in [6.45, 7) is 15.0. The van der Waals surface area contributed by atoms with Crippen molar-refractivity contribution >= 4 is 0 Å². The van der Waals surface area contributed by atoms with Gasteiger partial charge in [0.05, 0.1) is 44.2 Å². The largest absolute Gasteiger partial charge is 0.394 e. The Bertz CT molecular complexity index is 1960. The molecule has 29 unspecified atom stereocenters. The highest BCUT2D eigenvalue weighted by molar-refractivity contribution is 5.20. The second-order valence-corrected chi connectivity index (χ2v) is 25.6. The number of hydrogen-bond donors (Lipinski definition) is 14. The van der Waals surface area contributed by atoms with Gasteiger partial charge in [0, 0.05) is 0 Å². The lowest BCUT2D eigenvalue weighted by molar-refractivity contribution is -0.378. The van der Waals surface area contributed by atoms with Crippen molar-refractivity contribution in [3.05, 3.63) is 11.6 Å². The predicted molar refractivity (Wildman–Crippen MR) is 265 cm³/mol. The van der Waals surface area contributed by atoms with Crippen LogP contribution in [0.4, 0.5) is 0 Å². The van der Waals surface area contributed by atoms with Gasteiger partial charge in [-0.25, -0.2) is 0 Å². The van der Waals surface area contributed by atoms with E-state index in [9.17, 15) is 71.5 Å². The lowest BCUT2D eigenvalue weighted by Crippen LogP contribution is -2.68. The number of rotatable bonds is 17. The van der Waals surface area contributed by atoms with E-state index in [4.69, 9.17) is 37.9 Å². The fraction of sp³-hybridized carbons (Fsp3) is 0.963. The summed E-state index contributed by atoms with van der Waals surface area (Å²) < 4.78 is 49.0. The fourth-order valence-electron chi connectivity index (χ4n) is 16.3. The highest BCUT2D eigenvalue weighted by Gasteiger charge is 2.72. The molecule has 29 atom stereocenters. The molecule has 0 bridgehead atoms. The molecule has 8 aliphatic rings. The third-order valence-corrected chi connectivity index (χ3v) is 20.8. The van der Waals surface area contributed by atoms with Gasteiger partial charge in [-0.05, 0) is 130 Å². The van der Waals surface area contributed by atoms with E-state index in [0.717, 1.165) is 31.3 Å². The minimum atomic E-state index is -1.81. The Morgan fingerprint density at radius 3 is 1.71 bits per heavy atom. The zero-order chi connectivity index (χ0) is 55.8. The van der Waals surface area contributed by atoms with Crippen molar-refractivity contribution in [2.24, 2.45) is 45.3 Å². The van der Waals surface area contributed by atoms with Gasteiger partial charge in [-0.2, -0.15) is 0 Å². The molecule has 0 spiro atoms. The topological polar surface area (TPSA) is 357 Å². The molecule has 76 heavy (non-hydrogen) atoms. The smallest absolute Gasteiger partial charge is 0.187 e. The van der Waals surface area contributed by atoms with Gasteiger partial charge in [0.1, 0.15) is 91.6 Å². The normalized spacial score (nSPS) is 52.1. The molecule has 22 heteroatoms. The van der Waals surface area contributed by atoms with Crippen molar-refractivity contribution in [3.63, 3.8) is 0 Å². The first-order valence-corrected chi connectivity index (χ1v) is 27.8. The third kappa shape index (κ3) is 10.7. The van der Waals surface area contributed by atoms with Crippen LogP contribution in [0, 0.1) is 45.3 Å².